The van der Waals surface area contributed by atoms with Crippen LogP contribution < -0.4 is 14.4 Å². The molecule has 8 heteroatoms. The van der Waals surface area contributed by atoms with Gasteiger partial charge < -0.3 is 14.4 Å². The summed E-state index contributed by atoms with van der Waals surface area (Å²) in [7, 11) is 3.20. The zero-order valence-electron chi connectivity index (χ0n) is 18.2. The minimum absolute atomic E-state index is 0.0767. The summed E-state index contributed by atoms with van der Waals surface area (Å²) in [5, 5.41) is 3.33. The van der Waals surface area contributed by atoms with E-state index in [0.717, 1.165) is 22.0 Å². The highest BCUT2D eigenvalue weighted by Gasteiger charge is 2.19. The number of hydrogen-bond acceptors (Lipinski definition) is 6. The second-order valence-corrected chi connectivity index (χ2v) is 8.46. The Morgan fingerprint density at radius 3 is 2.48 bits per heavy atom. The summed E-state index contributed by atoms with van der Waals surface area (Å²) in [6.45, 7) is 0.355. The van der Waals surface area contributed by atoms with E-state index >= 15 is 0 Å². The molecule has 0 N–H and O–H groups in total. The van der Waals surface area contributed by atoms with E-state index in [2.05, 4.69) is 9.97 Å². The molecule has 2 aromatic carbocycles. The minimum Gasteiger partial charge on any atom is -0.493 e. The van der Waals surface area contributed by atoms with Gasteiger partial charge in [-0.05, 0) is 54.6 Å². The standard InChI is InChI=1S/C25H22ClN3O3S/c1-31-22-11-6-17(13-23(22)32-2)25-28-20(16-33-25)14-24(30)29(15-19-5-3-4-12-27-19)21-9-7-18(26)8-10-21/h3-13,16H,14-15H2,1-2H3. The number of methoxy groups -OCH3 is 2. The maximum atomic E-state index is 13.3. The number of benzene rings is 2. The maximum absolute atomic E-state index is 13.3. The van der Waals surface area contributed by atoms with Crippen molar-refractivity contribution in [2.75, 3.05) is 19.1 Å². The second-order valence-electron chi connectivity index (χ2n) is 7.17. The van der Waals surface area contributed by atoms with Gasteiger partial charge in [-0.2, -0.15) is 0 Å². The maximum Gasteiger partial charge on any atom is 0.233 e. The molecule has 0 saturated heterocycles. The molecule has 0 radical (unpaired) electrons. The smallest absolute Gasteiger partial charge is 0.233 e. The first-order valence-electron chi connectivity index (χ1n) is 10.2. The highest BCUT2D eigenvalue weighted by atomic mass is 35.5. The molecule has 0 saturated carbocycles. The normalized spacial score (nSPS) is 10.6. The molecule has 0 fully saturated rings. The van der Waals surface area contributed by atoms with Crippen LogP contribution in [0.5, 0.6) is 11.5 Å². The van der Waals surface area contributed by atoms with E-state index in [4.69, 9.17) is 21.1 Å². The predicted octanol–water partition coefficient (Wildman–Crippen LogP) is 5.65. The Labute approximate surface area is 201 Å². The fourth-order valence-electron chi connectivity index (χ4n) is 3.34. The number of aromatic nitrogens is 2. The van der Waals surface area contributed by atoms with Crippen LogP contribution >= 0.6 is 22.9 Å². The lowest BCUT2D eigenvalue weighted by atomic mass is 10.2. The Morgan fingerprint density at radius 1 is 1.00 bits per heavy atom. The highest BCUT2D eigenvalue weighted by molar-refractivity contribution is 7.13. The molecule has 0 aliphatic rings. The summed E-state index contributed by atoms with van der Waals surface area (Å²) >= 11 is 7.53. The van der Waals surface area contributed by atoms with E-state index in [1.165, 1.54) is 11.3 Å². The van der Waals surface area contributed by atoms with Gasteiger partial charge in [0.1, 0.15) is 5.01 Å². The zero-order valence-corrected chi connectivity index (χ0v) is 19.8. The highest BCUT2D eigenvalue weighted by Crippen LogP contribution is 2.33. The molecule has 6 nitrogen and oxygen atoms in total. The quantitative estimate of drug-likeness (QED) is 0.326. The average molecular weight is 480 g/mol. The molecule has 33 heavy (non-hydrogen) atoms. The number of ether oxygens (including phenoxy) is 2. The first kappa shape index (κ1) is 22.8. The lowest BCUT2D eigenvalue weighted by Crippen LogP contribution is -2.32. The van der Waals surface area contributed by atoms with Crippen molar-refractivity contribution in [3.63, 3.8) is 0 Å². The first-order valence-corrected chi connectivity index (χ1v) is 11.5. The molecule has 0 aliphatic heterocycles. The molecule has 0 spiro atoms. The SMILES string of the molecule is COc1ccc(-c2nc(CC(=O)N(Cc3ccccn3)c3ccc(Cl)cc3)cs2)cc1OC. The van der Waals surface area contributed by atoms with E-state index in [9.17, 15) is 4.79 Å². The van der Waals surface area contributed by atoms with Gasteiger partial charge in [-0.1, -0.05) is 17.7 Å². The van der Waals surface area contributed by atoms with Gasteiger partial charge in [-0.3, -0.25) is 9.78 Å². The molecule has 0 unspecified atom stereocenters. The van der Waals surface area contributed by atoms with Crippen LogP contribution in [0.4, 0.5) is 5.69 Å². The molecule has 4 aromatic rings. The third kappa shape index (κ3) is 5.50. The van der Waals surface area contributed by atoms with Crippen molar-refractivity contribution in [3.8, 4) is 22.1 Å². The average Bonchev–Trinajstić information content (AvgIpc) is 3.31. The topological polar surface area (TPSA) is 64.5 Å². The van der Waals surface area contributed by atoms with Crippen molar-refractivity contribution >= 4 is 34.5 Å². The zero-order chi connectivity index (χ0) is 23.2. The number of thiazole rings is 1. The molecule has 1 amide bonds. The number of rotatable bonds is 8. The van der Waals surface area contributed by atoms with E-state index in [1.807, 2.05) is 53.9 Å². The minimum atomic E-state index is -0.0767. The third-order valence-corrected chi connectivity index (χ3v) is 6.19. The predicted molar refractivity (Wildman–Crippen MR) is 131 cm³/mol. The van der Waals surface area contributed by atoms with E-state index < -0.39 is 0 Å². The van der Waals surface area contributed by atoms with Crippen LogP contribution in [0.3, 0.4) is 0 Å². The molecule has 0 atom stereocenters. The second kappa shape index (κ2) is 10.5. The summed E-state index contributed by atoms with van der Waals surface area (Å²) in [6.07, 6.45) is 1.88. The lowest BCUT2D eigenvalue weighted by molar-refractivity contribution is -0.118. The van der Waals surface area contributed by atoms with Crippen molar-refractivity contribution in [2.45, 2.75) is 13.0 Å². The van der Waals surface area contributed by atoms with Crippen LogP contribution in [0.2, 0.25) is 5.02 Å². The van der Waals surface area contributed by atoms with Crippen molar-refractivity contribution in [3.05, 3.63) is 88.7 Å². The van der Waals surface area contributed by atoms with Gasteiger partial charge in [-0.25, -0.2) is 4.98 Å². The van der Waals surface area contributed by atoms with Gasteiger partial charge in [0.25, 0.3) is 0 Å². The van der Waals surface area contributed by atoms with Gasteiger partial charge >= 0.3 is 0 Å². The summed E-state index contributed by atoms with van der Waals surface area (Å²) in [6, 6.07) is 18.5. The van der Waals surface area contributed by atoms with Crippen LogP contribution in [-0.4, -0.2) is 30.1 Å². The number of carbonyl (C=O) groups is 1. The summed E-state index contributed by atoms with van der Waals surface area (Å²) in [4.78, 5) is 24.1. The number of pyridine rings is 1. The Balaban J connectivity index is 1.56. The number of nitrogens with zero attached hydrogens (tertiary/aromatic N) is 3. The van der Waals surface area contributed by atoms with Gasteiger partial charge in [0.2, 0.25) is 5.91 Å². The van der Waals surface area contributed by atoms with Crippen LogP contribution in [0.25, 0.3) is 10.6 Å². The molecular formula is C25H22ClN3O3S. The van der Waals surface area contributed by atoms with E-state index in [1.54, 1.807) is 37.4 Å². The largest absolute Gasteiger partial charge is 0.493 e. The Hall–Kier alpha value is -3.42. The summed E-state index contributed by atoms with van der Waals surface area (Å²) in [5.41, 5.74) is 3.16. The van der Waals surface area contributed by atoms with E-state index in [-0.39, 0.29) is 12.3 Å². The summed E-state index contributed by atoms with van der Waals surface area (Å²) in [5.74, 6) is 1.21. The van der Waals surface area contributed by atoms with Gasteiger partial charge in [-0.15, -0.1) is 11.3 Å². The van der Waals surface area contributed by atoms with Crippen molar-refractivity contribution in [1.29, 1.82) is 0 Å². The van der Waals surface area contributed by atoms with Crippen LogP contribution in [0.1, 0.15) is 11.4 Å². The monoisotopic (exact) mass is 479 g/mol. The number of hydrogen-bond donors (Lipinski definition) is 0. The lowest BCUT2D eigenvalue weighted by Gasteiger charge is -2.22. The number of amides is 1. The van der Waals surface area contributed by atoms with Gasteiger partial charge in [0, 0.05) is 27.9 Å². The number of halogens is 1. The molecule has 2 aromatic heterocycles. The number of anilines is 1. The molecule has 0 bridgehead atoms. The molecule has 2 heterocycles. The van der Waals surface area contributed by atoms with E-state index in [0.29, 0.717) is 28.8 Å². The molecule has 168 valence electrons. The Kier molecular flexibility index (Phi) is 7.22. The van der Waals surface area contributed by atoms with Crippen LogP contribution in [-0.2, 0) is 17.8 Å². The van der Waals surface area contributed by atoms with Crippen molar-refractivity contribution in [2.24, 2.45) is 0 Å². The Morgan fingerprint density at radius 2 is 1.79 bits per heavy atom. The van der Waals surface area contributed by atoms with Gasteiger partial charge in [0.05, 0.1) is 38.6 Å². The fourth-order valence-corrected chi connectivity index (χ4v) is 4.28. The van der Waals surface area contributed by atoms with Crippen LogP contribution in [0, 0.1) is 0 Å². The first-order chi connectivity index (χ1) is 16.1. The Bertz CT molecular complexity index is 1230. The molecular weight excluding hydrogens is 458 g/mol. The van der Waals surface area contributed by atoms with Crippen molar-refractivity contribution in [1.82, 2.24) is 9.97 Å². The molecule has 4 rings (SSSR count). The number of carbonyl (C=O) groups excluding carboxylic acids is 1. The molecule has 0 aliphatic carbocycles. The summed E-state index contributed by atoms with van der Waals surface area (Å²) < 4.78 is 10.7. The fraction of sp³-hybridized carbons (Fsp3) is 0.160. The van der Waals surface area contributed by atoms with Crippen molar-refractivity contribution < 1.29 is 14.3 Å². The third-order valence-electron chi connectivity index (χ3n) is 5.00. The van der Waals surface area contributed by atoms with Crippen LogP contribution in [0.15, 0.2) is 72.2 Å². The van der Waals surface area contributed by atoms with Gasteiger partial charge in [0.15, 0.2) is 11.5 Å².